The number of nitrogens with one attached hydrogen (secondary N) is 1. The van der Waals surface area contributed by atoms with Crippen molar-refractivity contribution in [3.63, 3.8) is 0 Å². The van der Waals surface area contributed by atoms with Crippen LogP contribution in [0.1, 0.15) is 42.8 Å². The highest BCUT2D eigenvalue weighted by molar-refractivity contribution is 5.92. The van der Waals surface area contributed by atoms with Crippen LogP contribution in [0.25, 0.3) is 11.3 Å². The van der Waals surface area contributed by atoms with E-state index in [1.165, 1.54) is 0 Å². The first-order valence-electron chi connectivity index (χ1n) is 7.44. The quantitative estimate of drug-likeness (QED) is 0.860. The third kappa shape index (κ3) is 3.74. The number of benzene rings is 1. The molecule has 0 aliphatic heterocycles. The predicted octanol–water partition coefficient (Wildman–Crippen LogP) is 2.93. The predicted molar refractivity (Wildman–Crippen MR) is 84.5 cm³/mol. The fourth-order valence-electron chi connectivity index (χ4n) is 2.15. The molecule has 0 aliphatic carbocycles. The molecule has 5 nitrogen and oxygen atoms in total. The van der Waals surface area contributed by atoms with Crippen molar-refractivity contribution in [1.82, 2.24) is 10.5 Å². The lowest BCUT2D eigenvalue weighted by Crippen LogP contribution is -2.46. The summed E-state index contributed by atoms with van der Waals surface area (Å²) in [4.78, 5) is 12.3. The normalized spacial score (nSPS) is 13.6. The van der Waals surface area contributed by atoms with Gasteiger partial charge in [-0.3, -0.25) is 4.79 Å². The SMILES string of the molecule is CCC(C)(CCO)NC(=O)c1cc(-c2ccc(C)cc2)no1. The Balaban J connectivity index is 2.13. The number of amides is 1. The molecule has 118 valence electrons. The van der Waals surface area contributed by atoms with Crippen molar-refractivity contribution in [2.75, 3.05) is 6.61 Å². The van der Waals surface area contributed by atoms with Crippen molar-refractivity contribution < 1.29 is 14.4 Å². The van der Waals surface area contributed by atoms with E-state index in [-0.39, 0.29) is 18.3 Å². The summed E-state index contributed by atoms with van der Waals surface area (Å²) in [6.07, 6.45) is 1.21. The molecule has 0 spiro atoms. The van der Waals surface area contributed by atoms with Crippen molar-refractivity contribution in [2.24, 2.45) is 0 Å². The lowest BCUT2D eigenvalue weighted by atomic mass is 9.95. The molecule has 0 radical (unpaired) electrons. The molecule has 1 aromatic carbocycles. The maximum Gasteiger partial charge on any atom is 0.290 e. The molecule has 1 heterocycles. The second-order valence-corrected chi connectivity index (χ2v) is 5.78. The highest BCUT2D eigenvalue weighted by Gasteiger charge is 2.26. The summed E-state index contributed by atoms with van der Waals surface area (Å²) in [5.41, 5.74) is 2.24. The van der Waals surface area contributed by atoms with Gasteiger partial charge < -0.3 is 14.9 Å². The Morgan fingerprint density at radius 1 is 1.36 bits per heavy atom. The van der Waals surface area contributed by atoms with Gasteiger partial charge in [-0.25, -0.2) is 0 Å². The second kappa shape index (κ2) is 6.75. The van der Waals surface area contributed by atoms with E-state index in [0.29, 0.717) is 12.1 Å². The van der Waals surface area contributed by atoms with Gasteiger partial charge in [0.15, 0.2) is 0 Å². The maximum atomic E-state index is 12.3. The van der Waals surface area contributed by atoms with Crippen LogP contribution in [0.5, 0.6) is 0 Å². The molecule has 2 aromatic rings. The highest BCUT2D eigenvalue weighted by Crippen LogP contribution is 2.21. The molecule has 2 N–H and O–H groups in total. The van der Waals surface area contributed by atoms with Crippen molar-refractivity contribution in [3.8, 4) is 11.3 Å². The number of aryl methyl sites for hydroxylation is 1. The summed E-state index contributed by atoms with van der Waals surface area (Å²) in [7, 11) is 0. The van der Waals surface area contributed by atoms with Crippen LogP contribution in [0.2, 0.25) is 0 Å². The Morgan fingerprint density at radius 2 is 2.05 bits per heavy atom. The molecule has 1 aromatic heterocycles. The Bertz CT molecular complexity index is 634. The van der Waals surface area contributed by atoms with E-state index >= 15 is 0 Å². The molecule has 5 heteroatoms. The zero-order valence-electron chi connectivity index (χ0n) is 13.2. The largest absolute Gasteiger partial charge is 0.396 e. The number of carbonyl (C=O) groups excluding carboxylic acids is 1. The number of aliphatic hydroxyl groups excluding tert-OH is 1. The summed E-state index contributed by atoms with van der Waals surface area (Å²) >= 11 is 0. The summed E-state index contributed by atoms with van der Waals surface area (Å²) < 4.78 is 5.16. The number of hydrogen-bond acceptors (Lipinski definition) is 4. The van der Waals surface area contributed by atoms with Crippen LogP contribution in [-0.2, 0) is 0 Å². The van der Waals surface area contributed by atoms with Crippen LogP contribution in [0.15, 0.2) is 34.9 Å². The average molecular weight is 302 g/mol. The van der Waals surface area contributed by atoms with Crippen LogP contribution >= 0.6 is 0 Å². The zero-order valence-corrected chi connectivity index (χ0v) is 13.2. The van der Waals surface area contributed by atoms with E-state index in [9.17, 15) is 4.79 Å². The third-order valence-electron chi connectivity index (χ3n) is 3.94. The van der Waals surface area contributed by atoms with Crippen LogP contribution in [-0.4, -0.2) is 28.3 Å². The maximum absolute atomic E-state index is 12.3. The molecule has 2 rings (SSSR count). The van der Waals surface area contributed by atoms with Gasteiger partial charge in [0.05, 0.1) is 0 Å². The standard InChI is InChI=1S/C17H22N2O3/c1-4-17(3,9-10-20)18-16(21)15-11-14(19-22-15)13-7-5-12(2)6-8-13/h5-8,11,20H,4,9-10H2,1-3H3,(H,18,21). The lowest BCUT2D eigenvalue weighted by molar-refractivity contribution is 0.0848. The Labute approximate surface area is 130 Å². The van der Waals surface area contributed by atoms with Crippen LogP contribution in [0.4, 0.5) is 0 Å². The van der Waals surface area contributed by atoms with Crippen molar-refractivity contribution >= 4 is 5.91 Å². The van der Waals surface area contributed by atoms with Crippen molar-refractivity contribution in [3.05, 3.63) is 41.7 Å². The number of carbonyl (C=O) groups is 1. The number of rotatable bonds is 6. The molecule has 22 heavy (non-hydrogen) atoms. The number of aromatic nitrogens is 1. The smallest absolute Gasteiger partial charge is 0.290 e. The molecule has 0 saturated carbocycles. The van der Waals surface area contributed by atoms with E-state index in [2.05, 4.69) is 10.5 Å². The molecular weight excluding hydrogens is 280 g/mol. The van der Waals surface area contributed by atoms with Crippen LogP contribution in [0.3, 0.4) is 0 Å². The minimum absolute atomic E-state index is 0.0235. The first kappa shape index (κ1) is 16.2. The Morgan fingerprint density at radius 3 is 2.64 bits per heavy atom. The first-order valence-corrected chi connectivity index (χ1v) is 7.44. The topological polar surface area (TPSA) is 75.4 Å². The Hall–Kier alpha value is -2.14. The second-order valence-electron chi connectivity index (χ2n) is 5.78. The van der Waals surface area contributed by atoms with Crippen LogP contribution in [0, 0.1) is 6.92 Å². The molecule has 1 atom stereocenters. The monoisotopic (exact) mass is 302 g/mol. The molecule has 0 bridgehead atoms. The van der Waals surface area contributed by atoms with Crippen molar-refractivity contribution in [1.29, 1.82) is 0 Å². The molecule has 0 fully saturated rings. The third-order valence-corrected chi connectivity index (χ3v) is 3.94. The first-order chi connectivity index (χ1) is 10.5. The van der Waals surface area contributed by atoms with Gasteiger partial charge in [0.1, 0.15) is 5.69 Å². The molecule has 1 amide bonds. The summed E-state index contributed by atoms with van der Waals surface area (Å²) in [6.45, 7) is 5.90. The fourth-order valence-corrected chi connectivity index (χ4v) is 2.15. The molecule has 0 aliphatic rings. The van der Waals surface area contributed by atoms with Crippen molar-refractivity contribution in [2.45, 2.75) is 39.2 Å². The minimum Gasteiger partial charge on any atom is -0.396 e. The van der Waals surface area contributed by atoms with Crippen LogP contribution < -0.4 is 5.32 Å². The highest BCUT2D eigenvalue weighted by atomic mass is 16.5. The molecule has 1 unspecified atom stereocenters. The molecule has 0 saturated heterocycles. The Kier molecular flexibility index (Phi) is 4.98. The van der Waals surface area contributed by atoms with Gasteiger partial charge >= 0.3 is 0 Å². The zero-order chi connectivity index (χ0) is 16.2. The number of aliphatic hydroxyl groups is 1. The van der Waals surface area contributed by atoms with E-state index in [1.807, 2.05) is 45.0 Å². The van der Waals surface area contributed by atoms with Gasteiger partial charge in [0.2, 0.25) is 5.76 Å². The number of nitrogens with zero attached hydrogens (tertiary/aromatic N) is 1. The fraction of sp³-hybridized carbons (Fsp3) is 0.412. The van der Waals surface area contributed by atoms with Gasteiger partial charge in [-0.15, -0.1) is 0 Å². The average Bonchev–Trinajstić information content (AvgIpc) is 2.98. The molecular formula is C17H22N2O3. The van der Waals surface area contributed by atoms with E-state index in [4.69, 9.17) is 9.63 Å². The summed E-state index contributed by atoms with van der Waals surface area (Å²) in [5.74, 6) is -0.142. The van der Waals surface area contributed by atoms with E-state index < -0.39 is 5.54 Å². The van der Waals surface area contributed by atoms with Gasteiger partial charge in [0, 0.05) is 23.8 Å². The van der Waals surface area contributed by atoms with E-state index in [1.54, 1.807) is 6.07 Å². The van der Waals surface area contributed by atoms with Gasteiger partial charge in [-0.1, -0.05) is 41.9 Å². The summed E-state index contributed by atoms with van der Waals surface area (Å²) in [5, 5.41) is 16.0. The lowest BCUT2D eigenvalue weighted by Gasteiger charge is -2.28. The van der Waals surface area contributed by atoms with E-state index in [0.717, 1.165) is 17.5 Å². The number of hydrogen-bond donors (Lipinski definition) is 2. The van der Waals surface area contributed by atoms with Gasteiger partial charge in [-0.2, -0.15) is 0 Å². The minimum atomic E-state index is -0.456. The summed E-state index contributed by atoms with van der Waals surface area (Å²) in [6, 6.07) is 9.49. The van der Waals surface area contributed by atoms with Gasteiger partial charge in [-0.05, 0) is 26.7 Å². The van der Waals surface area contributed by atoms with Gasteiger partial charge in [0.25, 0.3) is 5.91 Å².